The Morgan fingerprint density at radius 2 is 1.18 bits per heavy atom. The predicted octanol–water partition coefficient (Wildman–Crippen LogP) is 0.318. The summed E-state index contributed by atoms with van der Waals surface area (Å²) in [7, 11) is 0. The second-order valence-electron chi connectivity index (χ2n) is 1.37. The molecule has 11 heavy (non-hydrogen) atoms. The van der Waals surface area contributed by atoms with E-state index >= 15 is 0 Å². The van der Waals surface area contributed by atoms with E-state index in [-0.39, 0.29) is 0 Å². The average molecular weight is 164 g/mol. The minimum absolute atomic E-state index is 0.562. The summed E-state index contributed by atoms with van der Waals surface area (Å²) in [6.07, 6.45) is -1.83. The fourth-order valence-electron chi connectivity index (χ4n) is 0.202. The molecule has 0 fully saturated rings. The molecular formula is C5H8O6. The normalized spacial score (nSPS) is 7.09. The molecular weight excluding hydrogens is 156 g/mol. The fourth-order valence-corrected chi connectivity index (χ4v) is 0.202. The van der Waals surface area contributed by atoms with E-state index in [4.69, 9.17) is 15.0 Å². The van der Waals surface area contributed by atoms with Crippen LogP contribution in [0.15, 0.2) is 0 Å². The largest absolute Gasteiger partial charge is 0.503 e. The molecule has 0 heterocycles. The maximum atomic E-state index is 9.81. The van der Waals surface area contributed by atoms with Crippen molar-refractivity contribution in [1.29, 1.82) is 0 Å². The van der Waals surface area contributed by atoms with E-state index in [2.05, 4.69) is 4.74 Å². The van der Waals surface area contributed by atoms with Gasteiger partial charge in [0, 0.05) is 13.8 Å². The minimum atomic E-state index is -1.83. The standard InChI is InChI=1S/C4H6O3.CH2O3/c1-3(5)7-4(2)6;2-1(3)4/h1-2H3;(H2,2,3,4). The molecule has 0 atom stereocenters. The zero-order chi connectivity index (χ0) is 9.44. The number of ether oxygens (including phenoxy) is 1. The average Bonchev–Trinajstić information content (AvgIpc) is 1.56. The van der Waals surface area contributed by atoms with E-state index in [0.717, 1.165) is 0 Å². The van der Waals surface area contributed by atoms with Crippen molar-refractivity contribution in [3.63, 3.8) is 0 Å². The molecule has 0 bridgehead atoms. The molecule has 0 unspecified atom stereocenters. The molecule has 0 aliphatic heterocycles. The molecule has 0 saturated carbocycles. The van der Waals surface area contributed by atoms with Gasteiger partial charge in [0.05, 0.1) is 0 Å². The number of carboxylic acid groups (broad SMARTS) is 2. The lowest BCUT2D eigenvalue weighted by Crippen LogP contribution is -2.03. The summed E-state index contributed by atoms with van der Waals surface area (Å²) < 4.78 is 3.97. The Morgan fingerprint density at radius 1 is 1.00 bits per heavy atom. The van der Waals surface area contributed by atoms with Crippen LogP contribution >= 0.6 is 0 Å². The van der Waals surface area contributed by atoms with Crippen LogP contribution in [-0.2, 0) is 14.3 Å². The van der Waals surface area contributed by atoms with E-state index in [1.807, 2.05) is 0 Å². The molecule has 6 heteroatoms. The highest BCUT2D eigenvalue weighted by Gasteiger charge is 1.93. The van der Waals surface area contributed by atoms with Gasteiger partial charge in [-0.1, -0.05) is 0 Å². The lowest BCUT2D eigenvalue weighted by Gasteiger charge is -1.87. The maximum Gasteiger partial charge on any atom is 0.503 e. The smallest absolute Gasteiger partial charge is 0.450 e. The predicted molar refractivity (Wildman–Crippen MR) is 33.1 cm³/mol. The third-order valence-corrected chi connectivity index (χ3v) is 0.287. The van der Waals surface area contributed by atoms with Crippen LogP contribution in [0.25, 0.3) is 0 Å². The molecule has 0 aromatic rings. The van der Waals surface area contributed by atoms with Gasteiger partial charge >= 0.3 is 18.1 Å². The van der Waals surface area contributed by atoms with Gasteiger partial charge in [-0.3, -0.25) is 9.59 Å². The molecule has 0 aliphatic rings. The molecule has 0 spiro atoms. The fraction of sp³-hybridized carbons (Fsp3) is 0.400. The number of carbonyl (C=O) groups is 3. The maximum absolute atomic E-state index is 9.81. The van der Waals surface area contributed by atoms with E-state index in [0.29, 0.717) is 0 Å². The van der Waals surface area contributed by atoms with Crippen molar-refractivity contribution in [2.45, 2.75) is 13.8 Å². The van der Waals surface area contributed by atoms with Gasteiger partial charge in [0.1, 0.15) is 0 Å². The van der Waals surface area contributed by atoms with E-state index in [1.54, 1.807) is 0 Å². The van der Waals surface area contributed by atoms with E-state index < -0.39 is 18.1 Å². The lowest BCUT2D eigenvalue weighted by atomic mass is 10.7. The minimum Gasteiger partial charge on any atom is -0.450 e. The van der Waals surface area contributed by atoms with Crippen LogP contribution in [-0.4, -0.2) is 28.3 Å². The van der Waals surface area contributed by atoms with Gasteiger partial charge in [-0.2, -0.15) is 0 Å². The third kappa shape index (κ3) is 59.5. The van der Waals surface area contributed by atoms with Crippen molar-refractivity contribution in [3.05, 3.63) is 0 Å². The molecule has 64 valence electrons. The summed E-state index contributed by atoms with van der Waals surface area (Å²) in [5.41, 5.74) is 0. The first-order valence-corrected chi connectivity index (χ1v) is 2.47. The van der Waals surface area contributed by atoms with Crippen molar-refractivity contribution >= 4 is 18.1 Å². The summed E-state index contributed by atoms with van der Waals surface area (Å²) in [6.45, 7) is 2.36. The summed E-state index contributed by atoms with van der Waals surface area (Å²) in [6, 6.07) is 0. The summed E-state index contributed by atoms with van der Waals surface area (Å²) >= 11 is 0. The van der Waals surface area contributed by atoms with E-state index in [9.17, 15) is 9.59 Å². The zero-order valence-electron chi connectivity index (χ0n) is 6.03. The first-order chi connectivity index (χ1) is 4.86. The number of esters is 2. The molecule has 2 N–H and O–H groups in total. The molecule has 0 radical (unpaired) electrons. The van der Waals surface area contributed by atoms with Gasteiger partial charge in [-0.05, 0) is 0 Å². The van der Waals surface area contributed by atoms with Crippen LogP contribution < -0.4 is 0 Å². The van der Waals surface area contributed by atoms with Crippen LogP contribution in [0.3, 0.4) is 0 Å². The van der Waals surface area contributed by atoms with Crippen LogP contribution in [0.5, 0.6) is 0 Å². The Balaban J connectivity index is 0. The van der Waals surface area contributed by atoms with Gasteiger partial charge in [0.2, 0.25) is 0 Å². The molecule has 0 saturated heterocycles. The zero-order valence-corrected chi connectivity index (χ0v) is 6.03. The van der Waals surface area contributed by atoms with Gasteiger partial charge < -0.3 is 14.9 Å². The van der Waals surface area contributed by atoms with Gasteiger partial charge in [0.15, 0.2) is 0 Å². The molecule has 0 aromatic carbocycles. The molecule has 6 nitrogen and oxygen atoms in total. The molecule has 0 aliphatic carbocycles. The molecule has 0 rings (SSSR count). The van der Waals surface area contributed by atoms with E-state index in [1.165, 1.54) is 13.8 Å². The van der Waals surface area contributed by atoms with Crippen molar-refractivity contribution in [1.82, 2.24) is 0 Å². The van der Waals surface area contributed by atoms with Gasteiger partial charge in [-0.15, -0.1) is 0 Å². The highest BCUT2D eigenvalue weighted by Crippen LogP contribution is 1.73. The second-order valence-corrected chi connectivity index (χ2v) is 1.37. The van der Waals surface area contributed by atoms with Crippen LogP contribution in [0, 0.1) is 0 Å². The number of hydrogen-bond acceptors (Lipinski definition) is 4. The Labute approximate surface area is 62.4 Å². The van der Waals surface area contributed by atoms with Gasteiger partial charge in [-0.25, -0.2) is 4.79 Å². The van der Waals surface area contributed by atoms with Gasteiger partial charge in [0.25, 0.3) is 0 Å². The highest BCUT2D eigenvalue weighted by atomic mass is 16.6. The monoisotopic (exact) mass is 164 g/mol. The van der Waals surface area contributed by atoms with Crippen LogP contribution in [0.4, 0.5) is 4.79 Å². The van der Waals surface area contributed by atoms with Crippen LogP contribution in [0.1, 0.15) is 13.8 Å². The summed E-state index contributed by atoms with van der Waals surface area (Å²) in [4.78, 5) is 28.2. The summed E-state index contributed by atoms with van der Waals surface area (Å²) in [5, 5.41) is 13.9. The van der Waals surface area contributed by atoms with Crippen molar-refractivity contribution in [2.75, 3.05) is 0 Å². The summed E-state index contributed by atoms with van der Waals surface area (Å²) in [5.74, 6) is -1.12. The van der Waals surface area contributed by atoms with Crippen molar-refractivity contribution < 1.29 is 29.3 Å². The Hall–Kier alpha value is -1.59. The topological polar surface area (TPSA) is 101 Å². The number of hydrogen-bond donors (Lipinski definition) is 2. The van der Waals surface area contributed by atoms with Crippen molar-refractivity contribution in [3.8, 4) is 0 Å². The van der Waals surface area contributed by atoms with Crippen molar-refractivity contribution in [2.24, 2.45) is 0 Å². The lowest BCUT2D eigenvalue weighted by molar-refractivity contribution is -0.156. The first kappa shape index (κ1) is 12.1. The Bertz CT molecular complexity index is 144. The second kappa shape index (κ2) is 6.53. The first-order valence-electron chi connectivity index (χ1n) is 2.47. The molecule has 0 amide bonds. The third-order valence-electron chi connectivity index (χ3n) is 0.287. The molecule has 0 aromatic heterocycles. The number of rotatable bonds is 0. The highest BCUT2D eigenvalue weighted by molar-refractivity contribution is 5.82. The Kier molecular flexibility index (Phi) is 7.19. The Morgan fingerprint density at radius 3 is 1.18 bits per heavy atom. The SMILES string of the molecule is CC(=O)OC(C)=O.O=C(O)O. The quantitative estimate of drug-likeness (QED) is 0.395. The van der Waals surface area contributed by atoms with Crippen LogP contribution in [0.2, 0.25) is 0 Å². The number of carbonyl (C=O) groups excluding carboxylic acids is 2.